The Morgan fingerprint density at radius 2 is 2.25 bits per heavy atom. The summed E-state index contributed by atoms with van der Waals surface area (Å²) in [4.78, 5) is 11.8. The molecular weight excluding hydrogens is 290 g/mol. The lowest BCUT2D eigenvalue weighted by atomic mass is 10.0. The van der Waals surface area contributed by atoms with Gasteiger partial charge in [0, 0.05) is 10.2 Å². The molecule has 0 bridgehead atoms. The summed E-state index contributed by atoms with van der Waals surface area (Å²) in [7, 11) is 1.35. The highest BCUT2D eigenvalue weighted by Crippen LogP contribution is 2.22. The van der Waals surface area contributed by atoms with Crippen LogP contribution in [0.5, 0.6) is 0 Å². The summed E-state index contributed by atoms with van der Waals surface area (Å²) in [5, 5.41) is 9.44. The second-order valence-corrected chi connectivity index (χ2v) is 4.18. The number of carbonyl (C=O) groups is 1. The van der Waals surface area contributed by atoms with E-state index in [0.717, 1.165) is 11.1 Å². The first kappa shape index (κ1) is 13.1. The molecule has 0 unspecified atom stereocenters. The van der Waals surface area contributed by atoms with Crippen LogP contribution in [0.2, 0.25) is 0 Å². The van der Waals surface area contributed by atoms with Gasteiger partial charge >= 0.3 is 5.97 Å². The molecule has 0 fully saturated rings. The fourth-order valence-corrected chi connectivity index (χ4v) is 2.07. The minimum absolute atomic E-state index is 0.191. The SMILES string of the molecule is COC(=O)Cc1cc(S)c(C#N)cc1CBr. The number of nitrogens with zero attached hydrogens (tertiary/aromatic N) is 1. The Balaban J connectivity index is 3.14. The zero-order chi connectivity index (χ0) is 12.1. The van der Waals surface area contributed by atoms with Crippen LogP contribution in [-0.2, 0) is 21.3 Å². The summed E-state index contributed by atoms with van der Waals surface area (Å²) in [6, 6.07) is 5.51. The number of ether oxygens (including phenoxy) is 1. The van der Waals surface area contributed by atoms with Crippen LogP contribution in [0.3, 0.4) is 0 Å². The van der Waals surface area contributed by atoms with Crippen molar-refractivity contribution in [3.8, 4) is 6.07 Å². The molecule has 1 aromatic rings. The fraction of sp³-hybridized carbons (Fsp3) is 0.273. The molecule has 0 saturated heterocycles. The Morgan fingerprint density at radius 3 is 2.75 bits per heavy atom. The summed E-state index contributed by atoms with van der Waals surface area (Å²) < 4.78 is 4.61. The number of methoxy groups -OCH3 is 1. The van der Waals surface area contributed by atoms with Crippen molar-refractivity contribution in [2.45, 2.75) is 16.6 Å². The average molecular weight is 300 g/mol. The number of hydrogen-bond acceptors (Lipinski definition) is 4. The molecule has 1 aromatic carbocycles. The van der Waals surface area contributed by atoms with Crippen LogP contribution in [0.4, 0.5) is 0 Å². The minimum atomic E-state index is -0.306. The summed E-state index contributed by atoms with van der Waals surface area (Å²) in [5.74, 6) is -0.306. The normalized spacial score (nSPS) is 9.62. The van der Waals surface area contributed by atoms with Gasteiger partial charge in [-0.2, -0.15) is 5.26 Å². The average Bonchev–Trinajstić information content (AvgIpc) is 2.29. The van der Waals surface area contributed by atoms with Gasteiger partial charge in [0.15, 0.2) is 0 Å². The molecule has 0 spiro atoms. The van der Waals surface area contributed by atoms with Crippen LogP contribution in [0.25, 0.3) is 0 Å². The molecule has 1 rings (SSSR count). The van der Waals surface area contributed by atoms with Crippen molar-refractivity contribution in [1.29, 1.82) is 5.26 Å². The quantitative estimate of drug-likeness (QED) is 0.530. The molecular formula is C11H10BrNO2S. The number of benzene rings is 1. The van der Waals surface area contributed by atoms with E-state index in [0.29, 0.717) is 15.8 Å². The molecule has 0 aromatic heterocycles. The topological polar surface area (TPSA) is 50.1 Å². The van der Waals surface area contributed by atoms with Crippen molar-refractivity contribution >= 4 is 34.5 Å². The molecule has 0 radical (unpaired) electrons. The van der Waals surface area contributed by atoms with E-state index in [9.17, 15) is 4.79 Å². The zero-order valence-corrected chi connectivity index (χ0v) is 11.1. The molecule has 0 aliphatic rings. The number of alkyl halides is 1. The molecule has 0 saturated carbocycles. The maximum absolute atomic E-state index is 11.2. The molecule has 16 heavy (non-hydrogen) atoms. The molecule has 84 valence electrons. The summed E-state index contributed by atoms with van der Waals surface area (Å²) >= 11 is 7.52. The van der Waals surface area contributed by atoms with Gasteiger partial charge in [-0.05, 0) is 23.3 Å². The van der Waals surface area contributed by atoms with Gasteiger partial charge in [-0.25, -0.2) is 0 Å². The number of rotatable bonds is 3. The summed E-state index contributed by atoms with van der Waals surface area (Å²) in [6.45, 7) is 0. The van der Waals surface area contributed by atoms with Gasteiger partial charge in [0.1, 0.15) is 6.07 Å². The second kappa shape index (κ2) is 5.92. The Morgan fingerprint density at radius 1 is 1.56 bits per heavy atom. The van der Waals surface area contributed by atoms with Gasteiger partial charge in [-0.1, -0.05) is 15.9 Å². The highest BCUT2D eigenvalue weighted by atomic mass is 79.9. The molecule has 5 heteroatoms. The molecule has 0 heterocycles. The standard InChI is InChI=1S/C11H10BrNO2S/c1-15-11(14)4-7-3-10(16)9(6-13)2-8(7)5-12/h2-3,16H,4-5H2,1H3. The van der Waals surface area contributed by atoms with Gasteiger partial charge in [0.25, 0.3) is 0 Å². The van der Waals surface area contributed by atoms with E-state index in [1.807, 2.05) is 0 Å². The first-order valence-electron chi connectivity index (χ1n) is 4.50. The van der Waals surface area contributed by atoms with Crippen LogP contribution < -0.4 is 0 Å². The zero-order valence-electron chi connectivity index (χ0n) is 8.66. The largest absolute Gasteiger partial charge is 0.469 e. The third-order valence-electron chi connectivity index (χ3n) is 2.14. The molecule has 0 atom stereocenters. The van der Waals surface area contributed by atoms with E-state index in [1.54, 1.807) is 12.1 Å². The second-order valence-electron chi connectivity index (χ2n) is 3.14. The fourth-order valence-electron chi connectivity index (χ4n) is 1.28. The van der Waals surface area contributed by atoms with Crippen LogP contribution >= 0.6 is 28.6 Å². The number of nitriles is 1. The lowest BCUT2D eigenvalue weighted by Gasteiger charge is -2.08. The maximum Gasteiger partial charge on any atom is 0.309 e. The predicted molar refractivity (Wildman–Crippen MR) is 66.8 cm³/mol. The van der Waals surface area contributed by atoms with Crippen molar-refractivity contribution in [2.75, 3.05) is 7.11 Å². The predicted octanol–water partition coefficient (Wildman–Crippen LogP) is 2.46. The molecule has 0 N–H and O–H groups in total. The van der Waals surface area contributed by atoms with E-state index in [1.165, 1.54) is 7.11 Å². The van der Waals surface area contributed by atoms with E-state index in [2.05, 4.69) is 39.4 Å². The molecule has 0 aliphatic carbocycles. The molecule has 0 aliphatic heterocycles. The van der Waals surface area contributed by atoms with E-state index in [-0.39, 0.29) is 12.4 Å². The van der Waals surface area contributed by atoms with Gasteiger partial charge in [0.05, 0.1) is 19.1 Å². The van der Waals surface area contributed by atoms with Gasteiger partial charge in [0.2, 0.25) is 0 Å². The monoisotopic (exact) mass is 299 g/mol. The molecule has 0 amide bonds. The lowest BCUT2D eigenvalue weighted by Crippen LogP contribution is -2.07. The van der Waals surface area contributed by atoms with Crippen molar-refractivity contribution in [3.63, 3.8) is 0 Å². The summed E-state index contributed by atoms with van der Waals surface area (Å²) in [6.07, 6.45) is 0.191. The van der Waals surface area contributed by atoms with E-state index >= 15 is 0 Å². The number of thiol groups is 1. The minimum Gasteiger partial charge on any atom is -0.469 e. The Kier molecular flexibility index (Phi) is 4.84. The lowest BCUT2D eigenvalue weighted by molar-refractivity contribution is -0.139. The highest BCUT2D eigenvalue weighted by molar-refractivity contribution is 9.08. The Bertz CT molecular complexity index is 454. The van der Waals surface area contributed by atoms with Crippen LogP contribution in [0.15, 0.2) is 17.0 Å². The molecule has 3 nitrogen and oxygen atoms in total. The van der Waals surface area contributed by atoms with E-state index in [4.69, 9.17) is 5.26 Å². The smallest absolute Gasteiger partial charge is 0.309 e. The first-order chi connectivity index (χ1) is 7.62. The van der Waals surface area contributed by atoms with Crippen molar-refractivity contribution < 1.29 is 9.53 Å². The number of hydrogen-bond donors (Lipinski definition) is 1. The van der Waals surface area contributed by atoms with Crippen molar-refractivity contribution in [1.82, 2.24) is 0 Å². The van der Waals surface area contributed by atoms with Gasteiger partial charge in [-0.15, -0.1) is 12.6 Å². The van der Waals surface area contributed by atoms with Crippen molar-refractivity contribution in [2.24, 2.45) is 0 Å². The van der Waals surface area contributed by atoms with E-state index < -0.39 is 0 Å². The number of esters is 1. The summed E-state index contributed by atoms with van der Waals surface area (Å²) in [5.41, 5.74) is 2.24. The number of carbonyl (C=O) groups excluding carboxylic acids is 1. The van der Waals surface area contributed by atoms with Crippen LogP contribution in [-0.4, -0.2) is 13.1 Å². The van der Waals surface area contributed by atoms with Crippen molar-refractivity contribution in [3.05, 3.63) is 28.8 Å². The van der Waals surface area contributed by atoms with Crippen LogP contribution in [0, 0.1) is 11.3 Å². The Hall–Kier alpha value is -0.990. The number of halogens is 1. The highest BCUT2D eigenvalue weighted by Gasteiger charge is 2.11. The third-order valence-corrected chi connectivity index (χ3v) is 3.12. The first-order valence-corrected chi connectivity index (χ1v) is 6.07. The third kappa shape index (κ3) is 3.00. The van der Waals surface area contributed by atoms with Gasteiger partial charge in [-0.3, -0.25) is 4.79 Å². The van der Waals surface area contributed by atoms with Crippen LogP contribution in [0.1, 0.15) is 16.7 Å². The van der Waals surface area contributed by atoms with Gasteiger partial charge < -0.3 is 4.74 Å². The Labute approximate surface area is 108 Å². The maximum atomic E-state index is 11.2.